The van der Waals surface area contributed by atoms with Crippen LogP contribution in [0.25, 0.3) is 0 Å². The highest BCUT2D eigenvalue weighted by molar-refractivity contribution is 8.07. The van der Waals surface area contributed by atoms with Crippen LogP contribution < -0.4 is 9.05 Å². The van der Waals surface area contributed by atoms with Crippen LogP contribution in [-0.2, 0) is 30.7 Å². The summed E-state index contributed by atoms with van der Waals surface area (Å²) in [6, 6.07) is 13.4. The van der Waals surface area contributed by atoms with Crippen molar-refractivity contribution in [2.45, 2.75) is 50.7 Å². The third-order valence-corrected chi connectivity index (χ3v) is 8.14. The lowest BCUT2D eigenvalue weighted by Gasteiger charge is -2.34. The number of nitrogens with zero attached hydrogens (tertiary/aromatic N) is 1. The zero-order valence-corrected chi connectivity index (χ0v) is 22.1. The molecule has 38 heavy (non-hydrogen) atoms. The van der Waals surface area contributed by atoms with Crippen molar-refractivity contribution in [3.05, 3.63) is 71.9 Å². The maximum Gasteiger partial charge on any atom is 0.435 e. The lowest BCUT2D eigenvalue weighted by molar-refractivity contribution is -0.199. The van der Waals surface area contributed by atoms with Crippen molar-refractivity contribution in [2.24, 2.45) is 0 Å². The lowest BCUT2D eigenvalue weighted by Crippen LogP contribution is -2.52. The monoisotopic (exact) mass is 569 g/mol. The number of benzene rings is 2. The number of ketones is 1. The molecule has 4 atom stereocenters. The van der Waals surface area contributed by atoms with E-state index in [9.17, 15) is 28.6 Å². The number of rotatable bonds is 9. The molecule has 2 aliphatic heterocycles. The van der Waals surface area contributed by atoms with Crippen LogP contribution in [0.3, 0.4) is 0 Å². The second-order valence-electron chi connectivity index (χ2n) is 8.99. The Morgan fingerprint density at radius 1 is 1.05 bits per heavy atom. The third-order valence-electron chi connectivity index (χ3n) is 6.06. The molecule has 0 aliphatic carbocycles. The summed E-state index contributed by atoms with van der Waals surface area (Å²) in [5.41, 5.74) is -0.918. The minimum atomic E-state index is -3.86. The number of hydrogen-bond acceptors (Lipinski definition) is 9. The summed E-state index contributed by atoms with van der Waals surface area (Å²) in [7, 11) is 0. The topological polar surface area (TPSA) is 115 Å². The van der Waals surface area contributed by atoms with Crippen molar-refractivity contribution in [1.29, 1.82) is 0 Å². The second kappa shape index (κ2) is 11.2. The van der Waals surface area contributed by atoms with Crippen molar-refractivity contribution in [3.8, 4) is 11.5 Å². The van der Waals surface area contributed by atoms with Crippen LogP contribution in [0.5, 0.6) is 11.5 Å². The van der Waals surface area contributed by atoms with Gasteiger partial charge in [0, 0.05) is 18.0 Å². The fourth-order valence-electron chi connectivity index (χ4n) is 3.87. The average Bonchev–Trinajstić information content (AvgIpc) is 3.12. The number of hydrogen-bond donors (Lipinski definition) is 2. The summed E-state index contributed by atoms with van der Waals surface area (Å²) >= 11 is 5.54. The van der Waals surface area contributed by atoms with Crippen molar-refractivity contribution in [3.63, 3.8) is 0 Å². The molecule has 9 nitrogen and oxygen atoms in total. The molecule has 1 saturated heterocycles. The smallest absolute Gasteiger partial charge is 0.416 e. The van der Waals surface area contributed by atoms with Gasteiger partial charge in [-0.3, -0.25) is 19.0 Å². The Bertz CT molecular complexity index is 1210. The molecule has 1 fully saturated rings. The van der Waals surface area contributed by atoms with E-state index in [2.05, 4.69) is 0 Å². The summed E-state index contributed by atoms with van der Waals surface area (Å²) in [6.45, 7) is -1.17. The number of alkyl halides is 2. The van der Waals surface area contributed by atoms with Gasteiger partial charge in [-0.2, -0.15) is 0 Å². The van der Waals surface area contributed by atoms with E-state index in [1.54, 1.807) is 48.5 Å². The quantitative estimate of drug-likeness (QED) is 0.347. The molecule has 0 radical (unpaired) electrons. The van der Waals surface area contributed by atoms with Gasteiger partial charge in [0.2, 0.25) is 5.91 Å². The molecule has 2 N–H and O–H groups in total. The van der Waals surface area contributed by atoms with Crippen LogP contribution >= 0.6 is 6.72 Å². The Balaban J connectivity index is 1.61. The minimum absolute atomic E-state index is 0.261. The first-order valence-corrected chi connectivity index (χ1v) is 14.1. The summed E-state index contributed by atoms with van der Waals surface area (Å²) in [5, 5.41) is 21.3. The highest BCUT2D eigenvalue weighted by Gasteiger charge is 2.62. The number of ether oxygens (including phenoxy) is 1. The number of aliphatic hydroxyl groups excluding tert-OH is 2. The molecular weight excluding hydrogens is 543 g/mol. The zero-order valence-electron chi connectivity index (χ0n) is 20.4. The SMILES string of the molecule is Cc1ccc(OP(=S)(OC[C@@]2(C(F)F)O[C@@H](N3C=CC(=O)CC3=O)[C@H](O)[C@@H]2O)Oc2ccc(C)cc2)cc1. The number of carbonyl (C=O) groups excluding carboxylic acids is 2. The van der Waals surface area contributed by atoms with E-state index in [-0.39, 0.29) is 11.5 Å². The van der Waals surface area contributed by atoms with Gasteiger partial charge in [-0.15, -0.1) is 0 Å². The molecule has 13 heteroatoms. The van der Waals surface area contributed by atoms with Crippen molar-refractivity contribution in [1.82, 2.24) is 4.90 Å². The van der Waals surface area contributed by atoms with Gasteiger partial charge in [-0.05, 0) is 44.2 Å². The molecule has 0 aromatic heterocycles. The molecule has 0 unspecified atom stereocenters. The van der Waals surface area contributed by atoms with Crippen molar-refractivity contribution in [2.75, 3.05) is 6.61 Å². The van der Waals surface area contributed by atoms with Crippen LogP contribution in [0.4, 0.5) is 8.78 Å². The number of allylic oxidation sites excluding steroid dienone is 1. The zero-order chi connectivity index (χ0) is 27.7. The number of amides is 1. The molecule has 2 heterocycles. The van der Waals surface area contributed by atoms with Gasteiger partial charge in [0.1, 0.15) is 23.7 Å². The standard InChI is InChI=1S/C25H26F2NO8PS/c1-15-3-7-18(8-4-15)35-37(38,36-19-9-5-16(2)6-10-19)33-14-25(24(26)27)22(32)21(31)23(34-25)28-12-11-17(29)13-20(28)30/h3-12,21-24,31-32H,13-14H2,1-2H3/t21-,22+,23-,25-/m1/s1. The molecule has 2 aromatic rings. The highest BCUT2D eigenvalue weighted by Crippen LogP contribution is 2.52. The molecule has 0 bridgehead atoms. The second-order valence-corrected chi connectivity index (χ2v) is 11.8. The van der Waals surface area contributed by atoms with E-state index in [4.69, 9.17) is 30.1 Å². The summed E-state index contributed by atoms with van der Waals surface area (Å²) in [4.78, 5) is 24.6. The largest absolute Gasteiger partial charge is 0.435 e. The van der Waals surface area contributed by atoms with Gasteiger partial charge in [0.25, 0.3) is 6.43 Å². The highest BCUT2D eigenvalue weighted by atomic mass is 32.5. The molecule has 1 amide bonds. The van der Waals surface area contributed by atoms with E-state index < -0.39 is 61.9 Å². The first-order valence-electron chi connectivity index (χ1n) is 11.5. The Morgan fingerprint density at radius 3 is 2.05 bits per heavy atom. The van der Waals surface area contributed by atoms with Gasteiger partial charge in [0.05, 0.1) is 13.0 Å². The maximum absolute atomic E-state index is 14.5. The Kier molecular flexibility index (Phi) is 8.32. The van der Waals surface area contributed by atoms with E-state index in [0.29, 0.717) is 0 Å². The number of halogens is 2. The normalized spacial score (nSPS) is 25.8. The van der Waals surface area contributed by atoms with Gasteiger partial charge >= 0.3 is 6.72 Å². The van der Waals surface area contributed by atoms with Gasteiger partial charge in [0.15, 0.2) is 17.6 Å². The fourth-order valence-corrected chi connectivity index (χ4v) is 5.81. The van der Waals surface area contributed by atoms with Crippen LogP contribution in [0, 0.1) is 13.8 Å². The molecule has 0 spiro atoms. The Hall–Kier alpha value is -2.73. The van der Waals surface area contributed by atoms with Crippen LogP contribution in [0.15, 0.2) is 60.8 Å². The maximum atomic E-state index is 14.5. The van der Waals surface area contributed by atoms with Gasteiger partial charge < -0.3 is 24.0 Å². The molecule has 2 aromatic carbocycles. The van der Waals surface area contributed by atoms with Crippen LogP contribution in [0.2, 0.25) is 0 Å². The van der Waals surface area contributed by atoms with E-state index in [1.165, 1.54) is 0 Å². The van der Waals surface area contributed by atoms with E-state index in [1.807, 2.05) is 13.8 Å². The summed E-state index contributed by atoms with van der Waals surface area (Å²) in [6.07, 6.45) is -7.68. The molecular formula is C25H26F2NO8PS. The van der Waals surface area contributed by atoms with Gasteiger partial charge in [-0.25, -0.2) is 8.78 Å². The molecule has 204 valence electrons. The van der Waals surface area contributed by atoms with Crippen LogP contribution in [0.1, 0.15) is 17.5 Å². The van der Waals surface area contributed by atoms with Crippen LogP contribution in [-0.4, -0.2) is 63.9 Å². The van der Waals surface area contributed by atoms with Crippen molar-refractivity contribution >= 4 is 30.2 Å². The van der Waals surface area contributed by atoms with Crippen molar-refractivity contribution < 1.29 is 46.9 Å². The number of aryl methyl sites for hydroxylation is 2. The Morgan fingerprint density at radius 2 is 1.58 bits per heavy atom. The molecule has 0 saturated carbocycles. The van der Waals surface area contributed by atoms with E-state index in [0.717, 1.165) is 28.3 Å². The third kappa shape index (κ3) is 5.96. The lowest BCUT2D eigenvalue weighted by atomic mass is 9.96. The summed E-state index contributed by atoms with van der Waals surface area (Å²) in [5.74, 6) is -0.756. The average molecular weight is 570 g/mol. The molecule has 2 aliphatic rings. The molecule has 4 rings (SSSR count). The fraction of sp³-hybridized carbons (Fsp3) is 0.360. The minimum Gasteiger partial charge on any atom is -0.416 e. The van der Waals surface area contributed by atoms with Gasteiger partial charge in [-0.1, -0.05) is 35.4 Å². The number of aliphatic hydroxyl groups is 2. The predicted octanol–water partition coefficient (Wildman–Crippen LogP) is 3.40. The van der Waals surface area contributed by atoms with E-state index >= 15 is 0 Å². The number of carbonyl (C=O) groups is 2. The predicted molar refractivity (Wildman–Crippen MR) is 135 cm³/mol. The Labute approximate surface area is 222 Å². The first-order chi connectivity index (χ1) is 17.9. The first kappa shape index (κ1) is 28.3. The summed E-state index contributed by atoms with van der Waals surface area (Å²) < 4.78 is 51.7.